The molecular weight excluding hydrogens is 216 g/mol. The largest absolute Gasteiger partial charge is 0.478 e. The molecule has 92 valence electrons. The van der Waals surface area contributed by atoms with Crippen LogP contribution in [-0.4, -0.2) is 20.6 Å². The molecule has 1 N–H and O–H groups in total. The van der Waals surface area contributed by atoms with E-state index in [-0.39, 0.29) is 5.54 Å². The molecule has 4 heteroatoms. The zero-order chi connectivity index (χ0) is 12.7. The highest BCUT2D eigenvalue weighted by molar-refractivity contribution is 5.80. The quantitative estimate of drug-likeness (QED) is 0.608. The van der Waals surface area contributed by atoms with E-state index in [9.17, 15) is 4.79 Å². The maximum Gasteiger partial charge on any atom is 0.328 e. The Bertz CT molecular complexity index is 403. The van der Waals surface area contributed by atoms with Gasteiger partial charge in [0.2, 0.25) is 0 Å². The van der Waals surface area contributed by atoms with Gasteiger partial charge in [0, 0.05) is 24.0 Å². The molecule has 0 aliphatic heterocycles. The number of aromatic nitrogens is 2. The van der Waals surface area contributed by atoms with Crippen LogP contribution in [0.2, 0.25) is 0 Å². The van der Waals surface area contributed by atoms with Gasteiger partial charge in [-0.1, -0.05) is 18.2 Å². The Kier molecular flexibility index (Phi) is 4.69. The topological polar surface area (TPSA) is 55.1 Å². The molecule has 0 fully saturated rings. The summed E-state index contributed by atoms with van der Waals surface area (Å²) in [5.41, 5.74) is 0.0252. The smallest absolute Gasteiger partial charge is 0.328 e. The van der Waals surface area contributed by atoms with Gasteiger partial charge in [0.1, 0.15) is 0 Å². The summed E-state index contributed by atoms with van der Waals surface area (Å²) in [5.74, 6) is -0.923. The van der Waals surface area contributed by atoms with Crippen molar-refractivity contribution in [3.63, 3.8) is 0 Å². The zero-order valence-corrected chi connectivity index (χ0v) is 10.2. The van der Waals surface area contributed by atoms with Crippen molar-refractivity contribution in [2.45, 2.75) is 32.2 Å². The molecule has 0 aliphatic rings. The number of imidazole rings is 1. The normalized spacial score (nSPS) is 12.6. The van der Waals surface area contributed by atoms with Crippen LogP contribution in [0.5, 0.6) is 0 Å². The van der Waals surface area contributed by atoms with Gasteiger partial charge in [-0.25, -0.2) is 9.78 Å². The summed E-state index contributed by atoms with van der Waals surface area (Å²) in [5, 5.41) is 8.39. The SMILES string of the molecule is CC(C)(CC/C=C/C=C/C(=O)O)n1ccnc1. The lowest BCUT2D eigenvalue weighted by atomic mass is 9.98. The molecule has 1 heterocycles. The molecule has 0 spiro atoms. The lowest BCUT2D eigenvalue weighted by molar-refractivity contribution is -0.131. The fraction of sp³-hybridized carbons (Fsp3) is 0.385. The fourth-order valence-corrected chi connectivity index (χ4v) is 1.50. The average Bonchev–Trinajstić information content (AvgIpc) is 2.76. The monoisotopic (exact) mass is 234 g/mol. The zero-order valence-electron chi connectivity index (χ0n) is 10.2. The maximum atomic E-state index is 10.2. The molecule has 0 radical (unpaired) electrons. The Hall–Kier alpha value is -1.84. The van der Waals surface area contributed by atoms with Crippen LogP contribution in [-0.2, 0) is 10.3 Å². The van der Waals surface area contributed by atoms with E-state index in [1.165, 1.54) is 6.08 Å². The summed E-state index contributed by atoms with van der Waals surface area (Å²) >= 11 is 0. The van der Waals surface area contributed by atoms with Crippen LogP contribution in [0.25, 0.3) is 0 Å². The predicted octanol–water partition coefficient (Wildman–Crippen LogP) is 2.60. The Labute approximate surface area is 101 Å². The van der Waals surface area contributed by atoms with E-state index >= 15 is 0 Å². The average molecular weight is 234 g/mol. The van der Waals surface area contributed by atoms with Crippen LogP contribution in [0.15, 0.2) is 43.0 Å². The molecule has 0 saturated carbocycles. The second kappa shape index (κ2) is 6.03. The fourth-order valence-electron chi connectivity index (χ4n) is 1.50. The van der Waals surface area contributed by atoms with Crippen molar-refractivity contribution in [3.05, 3.63) is 43.0 Å². The number of hydrogen-bond acceptors (Lipinski definition) is 2. The van der Waals surface area contributed by atoms with Gasteiger partial charge in [0.25, 0.3) is 0 Å². The van der Waals surface area contributed by atoms with Gasteiger partial charge in [0.15, 0.2) is 0 Å². The minimum atomic E-state index is -0.923. The van der Waals surface area contributed by atoms with Crippen molar-refractivity contribution < 1.29 is 9.90 Å². The van der Waals surface area contributed by atoms with Crippen molar-refractivity contribution in [2.75, 3.05) is 0 Å². The molecule has 0 aromatic carbocycles. The first kappa shape index (κ1) is 13.2. The number of carboxylic acids is 1. The molecule has 0 amide bonds. The van der Waals surface area contributed by atoms with E-state index in [2.05, 4.69) is 23.4 Å². The minimum absolute atomic E-state index is 0.0252. The maximum absolute atomic E-state index is 10.2. The van der Waals surface area contributed by atoms with E-state index in [0.717, 1.165) is 18.9 Å². The highest BCUT2D eigenvalue weighted by Crippen LogP contribution is 2.21. The number of hydrogen-bond donors (Lipinski definition) is 1. The van der Waals surface area contributed by atoms with Crippen molar-refractivity contribution in [2.24, 2.45) is 0 Å². The molecule has 0 saturated heterocycles. The van der Waals surface area contributed by atoms with Gasteiger partial charge in [0.05, 0.1) is 6.33 Å². The van der Waals surface area contributed by atoms with Crippen molar-refractivity contribution >= 4 is 5.97 Å². The molecule has 4 nitrogen and oxygen atoms in total. The summed E-state index contributed by atoms with van der Waals surface area (Å²) in [7, 11) is 0. The molecule has 1 aromatic heterocycles. The summed E-state index contributed by atoms with van der Waals surface area (Å²) in [6, 6.07) is 0. The van der Waals surface area contributed by atoms with Crippen LogP contribution in [0, 0.1) is 0 Å². The van der Waals surface area contributed by atoms with Gasteiger partial charge in [-0.2, -0.15) is 0 Å². The van der Waals surface area contributed by atoms with Crippen molar-refractivity contribution in [3.8, 4) is 0 Å². The third-order valence-corrected chi connectivity index (χ3v) is 2.61. The number of aliphatic carboxylic acids is 1. The number of carboxylic acid groups (broad SMARTS) is 1. The highest BCUT2D eigenvalue weighted by Gasteiger charge is 2.17. The molecule has 1 rings (SSSR count). The highest BCUT2D eigenvalue weighted by atomic mass is 16.4. The van der Waals surface area contributed by atoms with Gasteiger partial charge in [-0.05, 0) is 26.7 Å². The molecular formula is C13H18N2O2. The first-order chi connectivity index (χ1) is 8.02. The summed E-state index contributed by atoms with van der Waals surface area (Å²) in [6.07, 6.45) is 13.8. The Balaban J connectivity index is 2.38. The minimum Gasteiger partial charge on any atom is -0.478 e. The summed E-state index contributed by atoms with van der Waals surface area (Å²) in [6.45, 7) is 4.30. The molecule has 17 heavy (non-hydrogen) atoms. The van der Waals surface area contributed by atoms with Gasteiger partial charge in [-0.3, -0.25) is 0 Å². The molecule has 0 aliphatic carbocycles. The first-order valence-corrected chi connectivity index (χ1v) is 5.57. The number of carbonyl (C=O) groups is 1. The van der Waals surface area contributed by atoms with Crippen molar-refractivity contribution in [1.29, 1.82) is 0 Å². The summed E-state index contributed by atoms with van der Waals surface area (Å²) in [4.78, 5) is 14.2. The van der Waals surface area contributed by atoms with Crippen molar-refractivity contribution in [1.82, 2.24) is 9.55 Å². The Morgan fingerprint density at radius 3 is 2.82 bits per heavy atom. The summed E-state index contributed by atoms with van der Waals surface area (Å²) < 4.78 is 2.08. The standard InChI is InChI=1S/C13H18N2O2/c1-13(2,15-10-9-14-11-15)8-6-4-3-5-7-12(16)17/h3-5,7,9-11H,6,8H2,1-2H3,(H,16,17)/b4-3+,7-5+. The van der Waals surface area contributed by atoms with Crippen LogP contribution < -0.4 is 0 Å². The van der Waals surface area contributed by atoms with Crippen LogP contribution in [0.4, 0.5) is 0 Å². The number of allylic oxidation sites excluding steroid dienone is 3. The van der Waals surface area contributed by atoms with E-state index in [0.29, 0.717) is 0 Å². The third kappa shape index (κ3) is 4.68. The number of rotatable bonds is 6. The van der Waals surface area contributed by atoms with Gasteiger partial charge in [-0.15, -0.1) is 0 Å². The molecule has 0 atom stereocenters. The second-order valence-corrected chi connectivity index (χ2v) is 4.45. The van der Waals surface area contributed by atoms with E-state index in [4.69, 9.17) is 5.11 Å². The molecule has 0 bridgehead atoms. The van der Waals surface area contributed by atoms with E-state index in [1.807, 2.05) is 18.6 Å². The number of nitrogens with zero attached hydrogens (tertiary/aromatic N) is 2. The lowest BCUT2D eigenvalue weighted by Gasteiger charge is -2.25. The lowest BCUT2D eigenvalue weighted by Crippen LogP contribution is -2.24. The predicted molar refractivity (Wildman–Crippen MR) is 66.7 cm³/mol. The van der Waals surface area contributed by atoms with E-state index in [1.54, 1.807) is 12.3 Å². The first-order valence-electron chi connectivity index (χ1n) is 5.57. The second-order valence-electron chi connectivity index (χ2n) is 4.45. The van der Waals surface area contributed by atoms with Gasteiger partial charge >= 0.3 is 5.97 Å². The molecule has 0 unspecified atom stereocenters. The van der Waals surface area contributed by atoms with Crippen LogP contribution in [0.3, 0.4) is 0 Å². The van der Waals surface area contributed by atoms with Crippen LogP contribution >= 0.6 is 0 Å². The Morgan fingerprint density at radius 1 is 1.47 bits per heavy atom. The van der Waals surface area contributed by atoms with E-state index < -0.39 is 5.97 Å². The third-order valence-electron chi connectivity index (χ3n) is 2.61. The van der Waals surface area contributed by atoms with Gasteiger partial charge < -0.3 is 9.67 Å². The Morgan fingerprint density at radius 2 is 2.24 bits per heavy atom. The molecule has 1 aromatic rings. The van der Waals surface area contributed by atoms with Crippen LogP contribution in [0.1, 0.15) is 26.7 Å².